The van der Waals surface area contributed by atoms with E-state index in [1.165, 1.54) is 0 Å². The molecule has 1 unspecified atom stereocenters. The van der Waals surface area contributed by atoms with Crippen molar-refractivity contribution in [3.05, 3.63) is 70.2 Å². The van der Waals surface area contributed by atoms with Crippen LogP contribution in [-0.4, -0.2) is 60.0 Å². The summed E-state index contributed by atoms with van der Waals surface area (Å²) in [5.74, 6) is -1.08. The molecule has 10 heteroatoms. The van der Waals surface area contributed by atoms with Crippen molar-refractivity contribution in [2.75, 3.05) is 37.4 Å². The molecule has 35 heavy (non-hydrogen) atoms. The molecular formula is C25H28N6O3S. The molecule has 1 aliphatic heterocycles. The zero-order valence-corrected chi connectivity index (χ0v) is 20.5. The van der Waals surface area contributed by atoms with Gasteiger partial charge in [-0.2, -0.15) is 0 Å². The summed E-state index contributed by atoms with van der Waals surface area (Å²) < 4.78 is 0. The monoisotopic (exact) mass is 492 g/mol. The van der Waals surface area contributed by atoms with Gasteiger partial charge in [0.2, 0.25) is 15.9 Å². The quantitative estimate of drug-likeness (QED) is 0.525. The number of piperidine rings is 1. The van der Waals surface area contributed by atoms with Gasteiger partial charge in [0.05, 0.1) is 5.92 Å². The molecule has 2 heterocycles. The molecule has 182 valence electrons. The molecule has 0 saturated carbocycles. The van der Waals surface area contributed by atoms with Gasteiger partial charge in [-0.15, -0.1) is 10.2 Å². The first-order chi connectivity index (χ1) is 16.9. The SMILES string of the molecule is CN(C)c1ccc(CNC(=O)C2CCCN(C(=O)c3nnc(C(=O)Nc4ccccc4)s3)C2)cc1. The second-order valence-electron chi connectivity index (χ2n) is 8.60. The number of aromatic nitrogens is 2. The van der Waals surface area contributed by atoms with Crippen LogP contribution in [0.4, 0.5) is 11.4 Å². The highest BCUT2D eigenvalue weighted by Gasteiger charge is 2.30. The van der Waals surface area contributed by atoms with Gasteiger partial charge < -0.3 is 20.4 Å². The number of nitrogens with zero attached hydrogens (tertiary/aromatic N) is 4. The zero-order valence-electron chi connectivity index (χ0n) is 19.7. The minimum atomic E-state index is -0.415. The molecular weight excluding hydrogens is 464 g/mol. The molecule has 3 aromatic rings. The van der Waals surface area contributed by atoms with Crippen molar-refractivity contribution in [3.8, 4) is 0 Å². The van der Waals surface area contributed by atoms with E-state index in [2.05, 4.69) is 20.8 Å². The fraction of sp³-hybridized carbons (Fsp3) is 0.320. The molecule has 1 fully saturated rings. The van der Waals surface area contributed by atoms with Crippen LogP contribution in [0.25, 0.3) is 0 Å². The Labute approximate surface area is 208 Å². The average Bonchev–Trinajstić information content (AvgIpc) is 3.38. The number of benzene rings is 2. The number of hydrogen-bond donors (Lipinski definition) is 2. The lowest BCUT2D eigenvalue weighted by Gasteiger charge is -2.31. The van der Waals surface area contributed by atoms with Gasteiger partial charge in [0.15, 0.2) is 0 Å². The van der Waals surface area contributed by atoms with E-state index in [-0.39, 0.29) is 27.7 Å². The van der Waals surface area contributed by atoms with Crippen LogP contribution >= 0.6 is 11.3 Å². The van der Waals surface area contributed by atoms with Gasteiger partial charge in [-0.25, -0.2) is 0 Å². The first-order valence-corrected chi connectivity index (χ1v) is 12.3. The largest absolute Gasteiger partial charge is 0.378 e. The Morgan fingerprint density at radius 1 is 1.03 bits per heavy atom. The molecule has 1 saturated heterocycles. The summed E-state index contributed by atoms with van der Waals surface area (Å²) in [6, 6.07) is 17.0. The fourth-order valence-electron chi connectivity index (χ4n) is 3.86. The highest BCUT2D eigenvalue weighted by molar-refractivity contribution is 7.15. The van der Waals surface area contributed by atoms with Crippen molar-refractivity contribution in [2.24, 2.45) is 5.92 Å². The molecule has 0 bridgehead atoms. The average molecular weight is 493 g/mol. The Morgan fingerprint density at radius 2 is 1.74 bits per heavy atom. The van der Waals surface area contributed by atoms with Crippen LogP contribution in [0, 0.1) is 5.92 Å². The molecule has 0 radical (unpaired) electrons. The molecule has 1 aromatic heterocycles. The van der Waals surface area contributed by atoms with E-state index in [0.717, 1.165) is 35.4 Å². The minimum absolute atomic E-state index is 0.0700. The Bertz CT molecular complexity index is 1180. The lowest BCUT2D eigenvalue weighted by molar-refractivity contribution is -0.126. The predicted molar refractivity (Wildman–Crippen MR) is 136 cm³/mol. The number of hydrogen-bond acceptors (Lipinski definition) is 7. The number of rotatable bonds is 7. The number of para-hydroxylation sites is 1. The number of amides is 3. The number of carbonyl (C=O) groups excluding carboxylic acids is 3. The van der Waals surface area contributed by atoms with Crippen LogP contribution in [0.1, 0.15) is 38.0 Å². The van der Waals surface area contributed by atoms with E-state index in [9.17, 15) is 14.4 Å². The van der Waals surface area contributed by atoms with Crippen molar-refractivity contribution in [1.29, 1.82) is 0 Å². The highest BCUT2D eigenvalue weighted by Crippen LogP contribution is 2.21. The zero-order chi connectivity index (χ0) is 24.8. The van der Waals surface area contributed by atoms with E-state index in [4.69, 9.17) is 0 Å². The van der Waals surface area contributed by atoms with Gasteiger partial charge in [-0.3, -0.25) is 14.4 Å². The third-order valence-corrected chi connectivity index (χ3v) is 6.74. The standard InChI is InChI=1S/C25H28N6O3S/c1-30(2)20-12-10-17(11-13-20)15-26-21(32)18-7-6-14-31(16-18)25(34)24-29-28-23(35-24)22(33)27-19-8-4-3-5-9-19/h3-5,8-13,18H,6-7,14-16H2,1-2H3,(H,26,32)(H,27,33). The van der Waals surface area contributed by atoms with Gasteiger partial charge in [-0.1, -0.05) is 41.7 Å². The summed E-state index contributed by atoms with van der Waals surface area (Å²) in [4.78, 5) is 41.8. The van der Waals surface area contributed by atoms with Crippen molar-refractivity contribution in [3.63, 3.8) is 0 Å². The predicted octanol–water partition coefficient (Wildman–Crippen LogP) is 3.03. The molecule has 2 N–H and O–H groups in total. The summed E-state index contributed by atoms with van der Waals surface area (Å²) in [6.45, 7) is 1.29. The maximum atomic E-state index is 13.0. The lowest BCUT2D eigenvalue weighted by atomic mass is 9.97. The summed E-state index contributed by atoms with van der Waals surface area (Å²) in [7, 11) is 3.96. The van der Waals surface area contributed by atoms with Crippen molar-refractivity contribution < 1.29 is 14.4 Å². The van der Waals surface area contributed by atoms with E-state index in [1.54, 1.807) is 17.0 Å². The molecule has 0 aliphatic carbocycles. The molecule has 9 nitrogen and oxygen atoms in total. The van der Waals surface area contributed by atoms with Crippen LogP contribution in [-0.2, 0) is 11.3 Å². The smallest absolute Gasteiger partial charge is 0.286 e. The number of carbonyl (C=O) groups is 3. The van der Waals surface area contributed by atoms with Crippen molar-refractivity contribution in [1.82, 2.24) is 20.4 Å². The molecule has 1 aliphatic rings. The molecule has 3 amide bonds. The Morgan fingerprint density at radius 3 is 2.46 bits per heavy atom. The highest BCUT2D eigenvalue weighted by atomic mass is 32.1. The lowest BCUT2D eigenvalue weighted by Crippen LogP contribution is -2.45. The van der Waals surface area contributed by atoms with Crippen LogP contribution in [0.2, 0.25) is 0 Å². The van der Waals surface area contributed by atoms with Crippen LogP contribution in [0.15, 0.2) is 54.6 Å². The number of nitrogens with one attached hydrogen (secondary N) is 2. The first-order valence-electron chi connectivity index (χ1n) is 11.4. The minimum Gasteiger partial charge on any atom is -0.378 e. The molecule has 1 atom stereocenters. The maximum absolute atomic E-state index is 13.0. The maximum Gasteiger partial charge on any atom is 0.286 e. The van der Waals surface area contributed by atoms with E-state index < -0.39 is 5.91 Å². The molecule has 4 rings (SSSR count). The first kappa shape index (κ1) is 24.3. The van der Waals surface area contributed by atoms with Gasteiger partial charge in [0.1, 0.15) is 0 Å². The van der Waals surface area contributed by atoms with Crippen molar-refractivity contribution >= 4 is 40.4 Å². The fourth-order valence-corrected chi connectivity index (χ4v) is 4.57. The number of anilines is 2. The Kier molecular flexibility index (Phi) is 7.71. The van der Waals surface area contributed by atoms with Crippen LogP contribution in [0.5, 0.6) is 0 Å². The Hall–Kier alpha value is -3.79. The second kappa shape index (κ2) is 11.1. The summed E-state index contributed by atoms with van der Waals surface area (Å²) >= 11 is 0.953. The summed E-state index contributed by atoms with van der Waals surface area (Å²) in [6.07, 6.45) is 1.44. The third-order valence-electron chi connectivity index (χ3n) is 5.83. The van der Waals surface area contributed by atoms with Crippen LogP contribution in [0.3, 0.4) is 0 Å². The molecule has 0 spiro atoms. The summed E-state index contributed by atoms with van der Waals surface area (Å²) in [5.41, 5.74) is 2.75. The van der Waals surface area contributed by atoms with Gasteiger partial charge in [-0.05, 0) is 42.7 Å². The van der Waals surface area contributed by atoms with Crippen LogP contribution < -0.4 is 15.5 Å². The van der Waals surface area contributed by atoms with E-state index in [1.807, 2.05) is 61.5 Å². The van der Waals surface area contributed by atoms with Crippen molar-refractivity contribution in [2.45, 2.75) is 19.4 Å². The summed E-state index contributed by atoms with van der Waals surface area (Å²) in [5, 5.41) is 13.8. The second-order valence-corrected chi connectivity index (χ2v) is 9.58. The van der Waals surface area contributed by atoms with E-state index >= 15 is 0 Å². The number of likely N-dealkylation sites (tertiary alicyclic amines) is 1. The topological polar surface area (TPSA) is 108 Å². The van der Waals surface area contributed by atoms with E-state index in [0.29, 0.717) is 25.3 Å². The Balaban J connectivity index is 1.31. The van der Waals surface area contributed by atoms with Gasteiger partial charge >= 0.3 is 0 Å². The normalized spacial score (nSPS) is 15.4. The third kappa shape index (κ3) is 6.21. The van der Waals surface area contributed by atoms with Gasteiger partial charge in [0, 0.05) is 45.1 Å². The van der Waals surface area contributed by atoms with Gasteiger partial charge in [0.25, 0.3) is 11.8 Å². The molecule has 2 aromatic carbocycles.